The average Bonchev–Trinajstić information content (AvgIpc) is 3.27. The number of nitrogens with zero attached hydrogens (tertiary/aromatic N) is 3. The number of ether oxygens (including phenoxy) is 1. The lowest BCUT2D eigenvalue weighted by atomic mass is 10.1. The van der Waals surface area contributed by atoms with Gasteiger partial charge in [0, 0.05) is 15.7 Å². The molecular formula is C22H26ClN5O3S2. The second kappa shape index (κ2) is 11.0. The Balaban J connectivity index is 1.85. The van der Waals surface area contributed by atoms with Gasteiger partial charge in [-0.3, -0.25) is 9.36 Å². The maximum absolute atomic E-state index is 13.3. The van der Waals surface area contributed by atoms with Gasteiger partial charge >= 0.3 is 5.97 Å². The van der Waals surface area contributed by atoms with Crippen LogP contribution in [0.15, 0.2) is 29.4 Å². The minimum atomic E-state index is -0.661. The Kier molecular flexibility index (Phi) is 8.39. The number of esters is 1. The van der Waals surface area contributed by atoms with Crippen LogP contribution in [0.25, 0.3) is 0 Å². The van der Waals surface area contributed by atoms with Crippen molar-refractivity contribution in [2.24, 2.45) is 0 Å². The first-order valence-corrected chi connectivity index (χ1v) is 12.6. The van der Waals surface area contributed by atoms with Crippen LogP contribution < -0.4 is 11.1 Å². The summed E-state index contributed by atoms with van der Waals surface area (Å²) in [5, 5.41) is 12.7. The number of amides is 1. The summed E-state index contributed by atoms with van der Waals surface area (Å²) < 4.78 is 6.80. The summed E-state index contributed by atoms with van der Waals surface area (Å²) in [5.41, 5.74) is 8.21. The van der Waals surface area contributed by atoms with Crippen LogP contribution in [-0.4, -0.2) is 33.2 Å². The van der Waals surface area contributed by atoms with Crippen LogP contribution in [0.1, 0.15) is 52.7 Å². The van der Waals surface area contributed by atoms with Crippen LogP contribution in [0.5, 0.6) is 0 Å². The fraction of sp³-hybridized carbons (Fsp3) is 0.364. The number of carbonyl (C=O) groups excluding carboxylic acids is 2. The number of rotatable bonds is 9. The van der Waals surface area contributed by atoms with Crippen molar-refractivity contribution in [3.05, 3.63) is 50.9 Å². The number of halogens is 1. The van der Waals surface area contributed by atoms with Crippen LogP contribution in [0.4, 0.5) is 10.9 Å². The molecule has 0 aliphatic rings. The van der Waals surface area contributed by atoms with Crippen molar-refractivity contribution in [3.63, 3.8) is 0 Å². The van der Waals surface area contributed by atoms with E-state index < -0.39 is 12.0 Å². The van der Waals surface area contributed by atoms with Crippen molar-refractivity contribution in [2.75, 3.05) is 17.7 Å². The van der Waals surface area contributed by atoms with Crippen LogP contribution in [0.3, 0.4) is 0 Å². The molecule has 2 aromatic heterocycles. The standard InChI is InChI=1S/C22H26ClN5O3S2/c1-5-16(18(29)25-19-17(20(30)31-6-2)12(3)13(4)33-19)28-21(24)26-27-22(28)32-11-14-9-7-8-10-15(14)23/h7-10,16H,5-6,11H2,1-4H3,(H2,24,26)(H,25,29). The van der Waals surface area contributed by atoms with E-state index in [2.05, 4.69) is 15.5 Å². The van der Waals surface area contributed by atoms with Crippen LogP contribution in [0, 0.1) is 13.8 Å². The monoisotopic (exact) mass is 507 g/mol. The summed E-state index contributed by atoms with van der Waals surface area (Å²) >= 11 is 9.00. The molecule has 0 saturated heterocycles. The molecule has 176 valence electrons. The number of carbonyl (C=O) groups is 2. The lowest BCUT2D eigenvalue weighted by molar-refractivity contribution is -0.119. The highest BCUT2D eigenvalue weighted by Crippen LogP contribution is 2.35. The maximum atomic E-state index is 13.3. The number of anilines is 2. The van der Waals surface area contributed by atoms with Gasteiger partial charge in [0.1, 0.15) is 11.0 Å². The Morgan fingerprint density at radius 1 is 1.27 bits per heavy atom. The maximum Gasteiger partial charge on any atom is 0.341 e. The molecule has 0 saturated carbocycles. The van der Waals surface area contributed by atoms with Crippen molar-refractivity contribution < 1.29 is 14.3 Å². The number of nitrogens with two attached hydrogens (primary N) is 1. The van der Waals surface area contributed by atoms with E-state index in [1.165, 1.54) is 23.1 Å². The van der Waals surface area contributed by atoms with Crippen LogP contribution in [0.2, 0.25) is 5.02 Å². The van der Waals surface area contributed by atoms with Gasteiger partial charge in [0.05, 0.1) is 12.2 Å². The molecule has 2 heterocycles. The van der Waals surface area contributed by atoms with Gasteiger partial charge in [-0.15, -0.1) is 21.5 Å². The zero-order chi connectivity index (χ0) is 24.1. The molecule has 0 spiro atoms. The first kappa shape index (κ1) is 25.1. The second-order valence-corrected chi connectivity index (χ2v) is 9.79. The zero-order valence-electron chi connectivity index (χ0n) is 18.8. The van der Waals surface area contributed by atoms with Crippen molar-refractivity contribution in [2.45, 2.75) is 51.1 Å². The Morgan fingerprint density at radius 2 is 2.00 bits per heavy atom. The van der Waals surface area contributed by atoms with Gasteiger partial charge in [0.2, 0.25) is 11.9 Å². The van der Waals surface area contributed by atoms with E-state index in [9.17, 15) is 9.59 Å². The number of aryl methyl sites for hydroxylation is 1. The summed E-state index contributed by atoms with van der Waals surface area (Å²) in [6, 6.07) is 6.88. The van der Waals surface area contributed by atoms with Crippen molar-refractivity contribution in [1.82, 2.24) is 14.8 Å². The van der Waals surface area contributed by atoms with Gasteiger partial charge < -0.3 is 15.8 Å². The largest absolute Gasteiger partial charge is 0.462 e. The third kappa shape index (κ3) is 5.51. The van der Waals surface area contributed by atoms with E-state index in [0.717, 1.165) is 16.0 Å². The van der Waals surface area contributed by atoms with E-state index in [0.29, 0.717) is 32.9 Å². The van der Waals surface area contributed by atoms with Gasteiger partial charge in [-0.1, -0.05) is 48.5 Å². The molecule has 0 bridgehead atoms. The molecule has 0 radical (unpaired) electrons. The molecule has 3 N–H and O–H groups in total. The highest BCUT2D eigenvalue weighted by molar-refractivity contribution is 7.98. The smallest absolute Gasteiger partial charge is 0.341 e. The number of hydrogen-bond donors (Lipinski definition) is 2. The first-order valence-electron chi connectivity index (χ1n) is 10.4. The van der Waals surface area contributed by atoms with E-state index in [-0.39, 0.29) is 18.5 Å². The predicted molar refractivity (Wildman–Crippen MR) is 133 cm³/mol. The number of thioether (sulfide) groups is 1. The molecule has 1 aromatic carbocycles. The van der Waals surface area contributed by atoms with Crippen molar-refractivity contribution in [1.29, 1.82) is 0 Å². The van der Waals surface area contributed by atoms with E-state index >= 15 is 0 Å². The summed E-state index contributed by atoms with van der Waals surface area (Å²) in [7, 11) is 0. The number of aromatic nitrogens is 3. The van der Waals surface area contributed by atoms with E-state index in [1.807, 2.05) is 45.0 Å². The average molecular weight is 508 g/mol. The molecule has 1 atom stereocenters. The Hall–Kier alpha value is -2.56. The molecule has 0 fully saturated rings. The van der Waals surface area contributed by atoms with Crippen molar-refractivity contribution in [3.8, 4) is 0 Å². The fourth-order valence-electron chi connectivity index (χ4n) is 3.28. The molecule has 11 heteroatoms. The molecule has 1 unspecified atom stereocenters. The number of benzene rings is 1. The Labute approximate surface area is 205 Å². The first-order chi connectivity index (χ1) is 15.8. The molecule has 8 nitrogen and oxygen atoms in total. The summed E-state index contributed by atoms with van der Waals surface area (Å²) in [5.74, 6) is -0.0766. The number of hydrogen-bond acceptors (Lipinski definition) is 8. The fourth-order valence-corrected chi connectivity index (χ4v) is 5.61. The SMILES string of the molecule is CCOC(=O)c1c(NC(=O)C(CC)n2c(N)nnc2SCc2ccccc2Cl)sc(C)c1C. The minimum absolute atomic E-state index is 0.141. The lowest BCUT2D eigenvalue weighted by Crippen LogP contribution is -2.27. The molecular weight excluding hydrogens is 482 g/mol. The van der Waals surface area contributed by atoms with Crippen LogP contribution >= 0.6 is 34.7 Å². The highest BCUT2D eigenvalue weighted by atomic mass is 35.5. The molecule has 0 aliphatic heterocycles. The van der Waals surface area contributed by atoms with Crippen molar-refractivity contribution >= 4 is 57.5 Å². The number of nitrogen functional groups attached to an aromatic ring is 1. The highest BCUT2D eigenvalue weighted by Gasteiger charge is 2.28. The topological polar surface area (TPSA) is 112 Å². The normalized spacial score (nSPS) is 11.9. The summed E-state index contributed by atoms with van der Waals surface area (Å²) in [6.07, 6.45) is 0.450. The van der Waals surface area contributed by atoms with Gasteiger partial charge in [-0.2, -0.15) is 0 Å². The van der Waals surface area contributed by atoms with Gasteiger partial charge in [0.15, 0.2) is 5.16 Å². The van der Waals surface area contributed by atoms with Gasteiger partial charge in [-0.25, -0.2) is 4.79 Å². The molecule has 3 rings (SSSR count). The number of nitrogens with one attached hydrogen (secondary N) is 1. The summed E-state index contributed by atoms with van der Waals surface area (Å²) in [6.45, 7) is 7.61. The van der Waals surface area contributed by atoms with E-state index in [4.69, 9.17) is 22.1 Å². The lowest BCUT2D eigenvalue weighted by Gasteiger charge is -2.19. The number of thiophene rings is 1. The van der Waals surface area contributed by atoms with Crippen LogP contribution in [-0.2, 0) is 15.3 Å². The molecule has 33 heavy (non-hydrogen) atoms. The van der Waals surface area contributed by atoms with E-state index in [1.54, 1.807) is 11.5 Å². The Bertz CT molecular complexity index is 1160. The molecule has 1 amide bonds. The zero-order valence-corrected chi connectivity index (χ0v) is 21.2. The minimum Gasteiger partial charge on any atom is -0.462 e. The third-order valence-corrected chi connectivity index (χ3v) is 7.59. The third-order valence-electron chi connectivity index (χ3n) is 5.11. The predicted octanol–water partition coefficient (Wildman–Crippen LogP) is 5.25. The molecule has 3 aromatic rings. The second-order valence-electron chi connectivity index (χ2n) is 7.21. The van der Waals surface area contributed by atoms with Gasteiger partial charge in [0.25, 0.3) is 0 Å². The Morgan fingerprint density at radius 3 is 2.67 bits per heavy atom. The molecule has 0 aliphatic carbocycles. The summed E-state index contributed by atoms with van der Waals surface area (Å²) in [4.78, 5) is 26.7. The van der Waals surface area contributed by atoms with Gasteiger partial charge in [-0.05, 0) is 44.4 Å². The quantitative estimate of drug-likeness (QED) is 0.300.